The van der Waals surface area contributed by atoms with Crippen LogP contribution in [0, 0.1) is 11.8 Å². The minimum Gasteiger partial charge on any atom is -0.462 e. The molecule has 6 atom stereocenters. The maximum atomic E-state index is 13.0. The number of aliphatic hydroxyl groups excluding tert-OH is 1. The maximum absolute atomic E-state index is 13.0. The van der Waals surface area contributed by atoms with Crippen LogP contribution < -0.4 is 0 Å². The van der Waals surface area contributed by atoms with Crippen molar-refractivity contribution < 1.29 is 80.2 Å². The molecule has 0 aliphatic heterocycles. The van der Waals surface area contributed by atoms with Crippen LogP contribution >= 0.6 is 15.6 Å². The molecule has 0 aromatic carbocycles. The molecular weight excluding hydrogens is 1200 g/mol. The molecule has 3 N–H and O–H groups in total. The fourth-order valence-corrected chi connectivity index (χ4v) is 12.5. The summed E-state index contributed by atoms with van der Waals surface area (Å²) in [7, 11) is -9.90. The lowest BCUT2D eigenvalue weighted by Gasteiger charge is -2.21. The molecule has 0 amide bonds. The van der Waals surface area contributed by atoms with Crippen LogP contribution in [0.5, 0.6) is 0 Å². The van der Waals surface area contributed by atoms with Gasteiger partial charge < -0.3 is 33.8 Å². The van der Waals surface area contributed by atoms with E-state index in [-0.39, 0.29) is 25.7 Å². The summed E-state index contributed by atoms with van der Waals surface area (Å²) in [4.78, 5) is 72.6. The molecule has 17 nitrogen and oxygen atoms in total. The zero-order valence-corrected chi connectivity index (χ0v) is 60.9. The third-order valence-corrected chi connectivity index (χ3v) is 19.0. The number of aliphatic hydroxyl groups is 1. The lowest BCUT2D eigenvalue weighted by Crippen LogP contribution is -2.30. The van der Waals surface area contributed by atoms with Crippen molar-refractivity contribution in [3.05, 3.63) is 0 Å². The summed E-state index contributed by atoms with van der Waals surface area (Å²) < 4.78 is 68.3. The van der Waals surface area contributed by atoms with Crippen molar-refractivity contribution in [1.29, 1.82) is 0 Å². The van der Waals surface area contributed by atoms with Gasteiger partial charge in [-0.1, -0.05) is 318 Å². The van der Waals surface area contributed by atoms with Crippen LogP contribution in [0.3, 0.4) is 0 Å². The Kier molecular flexibility index (Phi) is 62.7. The molecule has 0 spiro atoms. The SMILES string of the molecule is CCCCCCCCCCCCCCC(=O)O[C@H](COC(=O)CCCCCCCCCCC)COP(=O)(O)OC[C@H](O)COP(=O)(O)OC[C@@H](COC(=O)CCCCCCCCCCCCC(C)CC)OC(=O)CCCCCCCCCCCCCCCC(C)C. The highest BCUT2D eigenvalue weighted by Gasteiger charge is 2.30. The van der Waals surface area contributed by atoms with Crippen molar-refractivity contribution in [2.24, 2.45) is 11.8 Å². The Balaban J connectivity index is 5.24. The van der Waals surface area contributed by atoms with Crippen molar-refractivity contribution in [2.75, 3.05) is 39.6 Å². The number of unbranched alkanes of at least 4 members (excludes halogenated alkanes) is 40. The van der Waals surface area contributed by atoms with E-state index in [1.54, 1.807) is 0 Å². The zero-order valence-electron chi connectivity index (χ0n) is 59.1. The van der Waals surface area contributed by atoms with Crippen molar-refractivity contribution in [3.8, 4) is 0 Å². The number of phosphoric acid groups is 2. The second kappa shape index (κ2) is 64.1. The molecule has 0 aromatic rings. The number of hydrogen-bond donors (Lipinski definition) is 3. The van der Waals surface area contributed by atoms with E-state index in [0.29, 0.717) is 25.7 Å². The van der Waals surface area contributed by atoms with Crippen molar-refractivity contribution in [3.63, 3.8) is 0 Å². The van der Waals surface area contributed by atoms with Gasteiger partial charge >= 0.3 is 39.5 Å². The van der Waals surface area contributed by atoms with E-state index < -0.39 is 97.5 Å². The summed E-state index contributed by atoms with van der Waals surface area (Å²) in [6.07, 6.45) is 49.7. The molecular formula is C72H140O17P2. The molecule has 91 heavy (non-hydrogen) atoms. The second-order valence-corrected chi connectivity index (χ2v) is 29.6. The summed E-state index contributed by atoms with van der Waals surface area (Å²) in [5.74, 6) is -0.524. The van der Waals surface area contributed by atoms with Gasteiger partial charge in [0.2, 0.25) is 0 Å². The Hall–Kier alpha value is -1.94. The van der Waals surface area contributed by atoms with Crippen LogP contribution in [0.2, 0.25) is 0 Å². The first-order valence-corrected chi connectivity index (χ1v) is 40.5. The average Bonchev–Trinajstić information content (AvgIpc) is 3.25. The lowest BCUT2D eigenvalue weighted by molar-refractivity contribution is -0.161. The van der Waals surface area contributed by atoms with E-state index in [0.717, 1.165) is 102 Å². The average molecular weight is 1340 g/mol. The van der Waals surface area contributed by atoms with Gasteiger partial charge in [-0.3, -0.25) is 37.3 Å². The van der Waals surface area contributed by atoms with Gasteiger partial charge in [0.15, 0.2) is 12.2 Å². The van der Waals surface area contributed by atoms with Gasteiger partial charge in [0, 0.05) is 25.7 Å². The molecule has 0 aromatic heterocycles. The number of carbonyl (C=O) groups is 4. The van der Waals surface area contributed by atoms with E-state index in [4.69, 9.17) is 37.0 Å². The molecule has 0 fully saturated rings. The first kappa shape index (κ1) is 89.1. The van der Waals surface area contributed by atoms with Crippen LogP contribution in [-0.2, 0) is 65.4 Å². The third-order valence-electron chi connectivity index (χ3n) is 17.1. The van der Waals surface area contributed by atoms with Crippen LogP contribution in [0.4, 0.5) is 0 Å². The second-order valence-electron chi connectivity index (χ2n) is 26.7. The summed E-state index contributed by atoms with van der Waals surface area (Å²) >= 11 is 0. The molecule has 0 bridgehead atoms. The predicted molar refractivity (Wildman–Crippen MR) is 368 cm³/mol. The standard InChI is InChI=1S/C72H140O17P2/c1-7-10-12-14-16-18-19-24-32-38-44-50-56-71(76)88-67(60-82-69(74)54-48-42-36-28-17-15-13-11-8-2)62-86-90(78,79)84-58-66(73)59-85-91(80,81)87-63-68(61-83-70(75)55-49-43-37-31-27-26-30-35-41-47-53-65(6)9-3)89-72(77)57-51-45-39-33-25-22-20-21-23-29-34-40-46-52-64(4)5/h64-68,73H,7-63H2,1-6H3,(H,78,79)(H,80,81)/t65?,66-,67+,68+/m0/s1. The minimum atomic E-state index is -4.95. The van der Waals surface area contributed by atoms with Crippen LogP contribution in [0.25, 0.3) is 0 Å². The van der Waals surface area contributed by atoms with E-state index in [2.05, 4.69) is 41.5 Å². The summed E-state index contributed by atoms with van der Waals surface area (Å²) in [6, 6.07) is 0. The van der Waals surface area contributed by atoms with E-state index in [1.807, 2.05) is 0 Å². The minimum absolute atomic E-state index is 0.107. The molecule has 0 heterocycles. The van der Waals surface area contributed by atoms with Gasteiger partial charge in [0.05, 0.1) is 26.4 Å². The largest absolute Gasteiger partial charge is 0.472 e. The number of esters is 4. The Bertz CT molecular complexity index is 1770. The van der Waals surface area contributed by atoms with Gasteiger partial charge in [0.25, 0.3) is 0 Å². The van der Waals surface area contributed by atoms with E-state index >= 15 is 0 Å². The monoisotopic (exact) mass is 1340 g/mol. The Morgan fingerprint density at radius 3 is 0.835 bits per heavy atom. The lowest BCUT2D eigenvalue weighted by atomic mass is 9.99. The molecule has 0 saturated heterocycles. The molecule has 0 rings (SSSR count). The van der Waals surface area contributed by atoms with Crippen molar-refractivity contribution >= 4 is 39.5 Å². The van der Waals surface area contributed by atoms with Gasteiger partial charge in [0.1, 0.15) is 19.3 Å². The topological polar surface area (TPSA) is 237 Å². The quantitative estimate of drug-likeness (QED) is 0.0222. The number of rotatable bonds is 71. The number of hydrogen-bond acceptors (Lipinski definition) is 15. The zero-order chi connectivity index (χ0) is 67.2. The van der Waals surface area contributed by atoms with Crippen LogP contribution in [-0.4, -0.2) is 96.7 Å². The van der Waals surface area contributed by atoms with Crippen molar-refractivity contribution in [1.82, 2.24) is 0 Å². The molecule has 0 radical (unpaired) electrons. The van der Waals surface area contributed by atoms with Gasteiger partial charge in [-0.2, -0.15) is 0 Å². The molecule has 540 valence electrons. The predicted octanol–water partition coefficient (Wildman–Crippen LogP) is 20.8. The van der Waals surface area contributed by atoms with E-state index in [1.165, 1.54) is 186 Å². The van der Waals surface area contributed by atoms with Crippen molar-refractivity contribution in [2.45, 2.75) is 387 Å². The number of phosphoric ester groups is 2. The Morgan fingerprint density at radius 1 is 0.319 bits per heavy atom. The highest BCUT2D eigenvalue weighted by molar-refractivity contribution is 7.47. The van der Waals surface area contributed by atoms with E-state index in [9.17, 15) is 43.2 Å². The summed E-state index contributed by atoms with van der Waals surface area (Å²) in [6.45, 7) is 9.60. The fourth-order valence-electron chi connectivity index (χ4n) is 10.9. The smallest absolute Gasteiger partial charge is 0.462 e. The molecule has 0 saturated carbocycles. The summed E-state index contributed by atoms with van der Waals surface area (Å²) in [5.41, 5.74) is 0. The Morgan fingerprint density at radius 2 is 0.560 bits per heavy atom. The molecule has 19 heteroatoms. The first-order valence-electron chi connectivity index (χ1n) is 37.5. The highest BCUT2D eigenvalue weighted by atomic mass is 31.2. The normalized spacial score (nSPS) is 14.4. The number of carbonyl (C=O) groups excluding carboxylic acids is 4. The molecule has 0 aliphatic carbocycles. The van der Waals surface area contributed by atoms with Crippen LogP contribution in [0.15, 0.2) is 0 Å². The fraction of sp³-hybridized carbons (Fsp3) is 0.944. The molecule has 3 unspecified atom stereocenters. The summed E-state index contributed by atoms with van der Waals surface area (Å²) in [5, 5.41) is 10.6. The highest BCUT2D eigenvalue weighted by Crippen LogP contribution is 2.45. The van der Waals surface area contributed by atoms with Crippen LogP contribution in [0.1, 0.15) is 369 Å². The Labute approximate surface area is 556 Å². The third kappa shape index (κ3) is 65.1. The maximum Gasteiger partial charge on any atom is 0.472 e. The van der Waals surface area contributed by atoms with Gasteiger partial charge in [-0.05, 0) is 37.5 Å². The van der Waals surface area contributed by atoms with Gasteiger partial charge in [-0.25, -0.2) is 9.13 Å². The van der Waals surface area contributed by atoms with Gasteiger partial charge in [-0.15, -0.1) is 0 Å². The number of ether oxygens (including phenoxy) is 4. The first-order chi connectivity index (χ1) is 43.9. The molecule has 0 aliphatic rings.